The van der Waals surface area contributed by atoms with Crippen LogP contribution in [-0.2, 0) is 22.4 Å². The van der Waals surface area contributed by atoms with Crippen LogP contribution < -0.4 is 5.36 Å². The minimum atomic E-state index is -1.32. The number of aromatic amines is 2. The quantitative estimate of drug-likeness (QED) is 0.176. The highest BCUT2D eigenvalue weighted by Gasteiger charge is 2.32. The molecule has 4 rings (SSSR count). The Morgan fingerprint density at radius 1 is 0.932 bits per heavy atom. The van der Waals surface area contributed by atoms with E-state index < -0.39 is 30.2 Å². The van der Waals surface area contributed by atoms with Gasteiger partial charge in [0.05, 0.1) is 17.3 Å². The first-order valence-corrected chi connectivity index (χ1v) is 14.5. The number of aliphatic carboxylic acids is 2. The van der Waals surface area contributed by atoms with Gasteiger partial charge in [0.25, 0.3) is 0 Å². The van der Waals surface area contributed by atoms with E-state index >= 15 is 0 Å². The van der Waals surface area contributed by atoms with E-state index in [1.807, 2.05) is 39.8 Å². The molecule has 4 heterocycles. The summed E-state index contributed by atoms with van der Waals surface area (Å²) in [6.07, 6.45) is 1.95. The van der Waals surface area contributed by atoms with Gasteiger partial charge in [0, 0.05) is 57.3 Å². The molecular formula is C34H38N4O6. The van der Waals surface area contributed by atoms with Gasteiger partial charge in [-0.2, -0.15) is 0 Å². The van der Waals surface area contributed by atoms with Gasteiger partial charge < -0.3 is 30.7 Å². The van der Waals surface area contributed by atoms with Crippen molar-refractivity contribution in [3.8, 4) is 0 Å². The van der Waals surface area contributed by atoms with E-state index in [-0.39, 0.29) is 40.8 Å². The van der Waals surface area contributed by atoms with E-state index in [1.165, 1.54) is 13.0 Å². The lowest BCUT2D eigenvalue weighted by molar-refractivity contribution is -0.138. The van der Waals surface area contributed by atoms with E-state index in [4.69, 9.17) is 10.4 Å². The molecule has 2 atom stereocenters. The third kappa shape index (κ3) is 6.20. The number of aromatic nitrogens is 3. The van der Waals surface area contributed by atoms with Crippen molar-refractivity contribution in [2.24, 2.45) is 0 Å². The molecule has 0 aliphatic carbocycles. The number of fused-ring (bicyclic) bond motifs is 6. The number of aromatic carboxylic acids is 1. The Bertz CT molecular complexity index is 1920. The molecule has 3 aromatic rings. The normalized spacial score (nSPS) is 15.1. The largest absolute Gasteiger partial charge is 0.481 e. The molecule has 10 nitrogen and oxygen atoms in total. The SMILES string of the molecule is C=Cc1c(C)c2cc3nc(c(CC(=O)O)cc(C(=O)O)c(C)c(=N)cc4[nH]c(cc1[nH]2)c(C)c4CC)[C@@H](CCC(=O)O)[C@@H]3C. The van der Waals surface area contributed by atoms with Crippen molar-refractivity contribution >= 4 is 46.1 Å². The highest BCUT2D eigenvalue weighted by atomic mass is 16.4. The summed E-state index contributed by atoms with van der Waals surface area (Å²) in [5.41, 5.74) is 7.96. The van der Waals surface area contributed by atoms with Gasteiger partial charge >= 0.3 is 17.9 Å². The van der Waals surface area contributed by atoms with Crippen molar-refractivity contribution in [2.45, 2.75) is 72.1 Å². The molecule has 6 N–H and O–H groups in total. The third-order valence-electron chi connectivity index (χ3n) is 8.61. The Morgan fingerprint density at radius 3 is 2.18 bits per heavy atom. The van der Waals surface area contributed by atoms with Crippen LogP contribution in [0.25, 0.3) is 28.1 Å². The van der Waals surface area contributed by atoms with Gasteiger partial charge in [-0.1, -0.05) is 26.5 Å². The fourth-order valence-electron chi connectivity index (χ4n) is 6.06. The molecule has 3 aromatic heterocycles. The van der Waals surface area contributed by atoms with Crippen LogP contribution in [0, 0.1) is 26.2 Å². The van der Waals surface area contributed by atoms with E-state index in [9.17, 15) is 29.7 Å². The lowest BCUT2D eigenvalue weighted by Crippen LogP contribution is -2.12. The van der Waals surface area contributed by atoms with Crippen LogP contribution >= 0.6 is 0 Å². The van der Waals surface area contributed by atoms with E-state index in [0.29, 0.717) is 23.3 Å². The Kier molecular flexibility index (Phi) is 9.22. The summed E-state index contributed by atoms with van der Waals surface area (Å²) < 4.78 is 0. The van der Waals surface area contributed by atoms with Crippen molar-refractivity contribution in [3.05, 3.63) is 86.5 Å². The van der Waals surface area contributed by atoms with Gasteiger partial charge in [-0.3, -0.25) is 14.6 Å². The topological polar surface area (TPSA) is 180 Å². The second kappa shape index (κ2) is 12.7. The van der Waals surface area contributed by atoms with E-state index in [2.05, 4.69) is 16.5 Å². The first-order chi connectivity index (χ1) is 20.8. The summed E-state index contributed by atoms with van der Waals surface area (Å²) in [6.45, 7) is 13.4. The number of nitrogens with zero attached hydrogens (tertiary/aromatic N) is 1. The van der Waals surface area contributed by atoms with Crippen LogP contribution in [0.5, 0.6) is 0 Å². The van der Waals surface area contributed by atoms with Gasteiger partial charge in [0.1, 0.15) is 0 Å². The number of hydrogen-bond donors (Lipinski definition) is 6. The summed E-state index contributed by atoms with van der Waals surface area (Å²) in [7, 11) is 0. The summed E-state index contributed by atoms with van der Waals surface area (Å²) in [4.78, 5) is 47.9. The highest BCUT2D eigenvalue weighted by molar-refractivity contribution is 5.89. The predicted octanol–water partition coefficient (Wildman–Crippen LogP) is 6.29. The van der Waals surface area contributed by atoms with Gasteiger partial charge in [-0.25, -0.2) is 4.79 Å². The second-order valence-corrected chi connectivity index (χ2v) is 11.3. The molecule has 0 fully saturated rings. The maximum Gasteiger partial charge on any atom is 0.336 e. The number of carboxylic acid groups (broad SMARTS) is 3. The fraction of sp³-hybridized carbons (Fsp3) is 0.324. The van der Waals surface area contributed by atoms with Gasteiger partial charge in [0.15, 0.2) is 0 Å². The Labute approximate surface area is 254 Å². The molecule has 6 bridgehead atoms. The zero-order valence-electron chi connectivity index (χ0n) is 25.6. The Hall–Kier alpha value is -4.99. The van der Waals surface area contributed by atoms with Gasteiger partial charge in [-0.15, -0.1) is 0 Å². The average molecular weight is 599 g/mol. The number of carbonyl (C=O) groups is 3. The minimum absolute atomic E-state index is 0.0466. The van der Waals surface area contributed by atoms with Crippen molar-refractivity contribution in [1.82, 2.24) is 15.0 Å². The zero-order valence-corrected chi connectivity index (χ0v) is 25.6. The molecule has 1 aliphatic rings. The molecule has 0 amide bonds. The Morgan fingerprint density at radius 2 is 1.59 bits per heavy atom. The molecule has 10 heteroatoms. The number of rotatable bonds is 8. The minimum Gasteiger partial charge on any atom is -0.481 e. The van der Waals surface area contributed by atoms with Crippen LogP contribution in [0.2, 0.25) is 0 Å². The average Bonchev–Trinajstić information content (AvgIpc) is 3.53. The lowest BCUT2D eigenvalue weighted by atomic mass is 9.85. The molecule has 0 saturated heterocycles. The molecule has 0 radical (unpaired) electrons. The highest BCUT2D eigenvalue weighted by Crippen LogP contribution is 2.41. The molecule has 0 unspecified atom stereocenters. The summed E-state index contributed by atoms with van der Waals surface area (Å²) >= 11 is 0. The standard InChI is InChI=1S/C34H38N4O6/c1-7-21-17(4)27-15-30-22(8-2)18(5)26(37-30)14-28-19(6)23(9-10-31(39)40)33(38-28)20(12-32(41)42)11-24(34(43)44)16(3)25(35)13-29(21)36-27/h8,11,13-15,19,23,35-37H,2,7,9-10,12H2,1,3-6H3,(H,39,40)(H,41,42)(H,43,44)/t19-,23-/m0/s1. The smallest absolute Gasteiger partial charge is 0.336 e. The number of carboxylic acids is 3. The van der Waals surface area contributed by atoms with Crippen molar-refractivity contribution in [3.63, 3.8) is 0 Å². The number of hydrogen-bond acceptors (Lipinski definition) is 5. The molecule has 0 aromatic carbocycles. The first-order valence-electron chi connectivity index (χ1n) is 14.5. The number of nitrogens with one attached hydrogen (secondary N) is 3. The lowest BCUT2D eigenvalue weighted by Gasteiger charge is -2.16. The van der Waals surface area contributed by atoms with Crippen molar-refractivity contribution in [2.75, 3.05) is 0 Å². The van der Waals surface area contributed by atoms with Crippen LogP contribution in [0.4, 0.5) is 0 Å². The maximum absolute atomic E-state index is 12.5. The van der Waals surface area contributed by atoms with Crippen LogP contribution in [0.1, 0.15) is 93.7 Å². The van der Waals surface area contributed by atoms with Crippen molar-refractivity contribution < 1.29 is 29.7 Å². The van der Waals surface area contributed by atoms with Gasteiger partial charge in [0.2, 0.25) is 0 Å². The first kappa shape index (κ1) is 31.9. The third-order valence-corrected chi connectivity index (χ3v) is 8.61. The molecular weight excluding hydrogens is 560 g/mol. The molecule has 1 aliphatic heterocycles. The molecule has 44 heavy (non-hydrogen) atoms. The van der Waals surface area contributed by atoms with Crippen LogP contribution in [0.15, 0.2) is 30.8 Å². The summed E-state index contributed by atoms with van der Waals surface area (Å²) in [5, 5.41) is 38.3. The number of H-pyrrole nitrogens is 2. The van der Waals surface area contributed by atoms with Gasteiger partial charge in [-0.05, 0) is 85.7 Å². The number of aryl methyl sites for hydroxylation is 3. The maximum atomic E-state index is 12.5. The second-order valence-electron chi connectivity index (χ2n) is 11.3. The summed E-state index contributed by atoms with van der Waals surface area (Å²) in [6, 6.07) is 6.74. The molecule has 0 saturated carbocycles. The summed E-state index contributed by atoms with van der Waals surface area (Å²) in [5.74, 6) is -4.25. The predicted molar refractivity (Wildman–Crippen MR) is 169 cm³/mol. The Balaban J connectivity index is 2.30. The van der Waals surface area contributed by atoms with E-state index in [1.54, 1.807) is 12.1 Å². The van der Waals surface area contributed by atoms with Crippen molar-refractivity contribution in [1.29, 1.82) is 5.41 Å². The molecule has 0 spiro atoms. The monoisotopic (exact) mass is 598 g/mol. The zero-order chi connectivity index (χ0) is 32.5. The van der Waals surface area contributed by atoms with E-state index in [0.717, 1.165) is 38.8 Å². The molecule has 230 valence electrons. The fourth-order valence-corrected chi connectivity index (χ4v) is 6.06. The van der Waals surface area contributed by atoms with Crippen LogP contribution in [-0.4, -0.2) is 48.2 Å². The van der Waals surface area contributed by atoms with Crippen LogP contribution in [0.3, 0.4) is 0 Å².